The smallest absolute Gasteiger partial charge is 0.211 e. The van der Waals surface area contributed by atoms with E-state index in [-0.39, 0.29) is 34.0 Å². The first-order valence-corrected chi connectivity index (χ1v) is 9.54. The normalized spacial score (nSPS) is 17.0. The Hall–Kier alpha value is -3.34. The highest BCUT2D eigenvalue weighted by Crippen LogP contribution is 2.43. The molecule has 0 spiro atoms. The quantitative estimate of drug-likeness (QED) is 0.482. The Labute approximate surface area is 167 Å². The van der Waals surface area contributed by atoms with Crippen LogP contribution in [0.25, 0.3) is 5.69 Å². The van der Waals surface area contributed by atoms with Gasteiger partial charge in [-0.05, 0) is 36.1 Å². The van der Waals surface area contributed by atoms with E-state index in [1.165, 1.54) is 12.1 Å². The van der Waals surface area contributed by atoms with Gasteiger partial charge in [-0.1, -0.05) is 38.1 Å². The van der Waals surface area contributed by atoms with E-state index < -0.39 is 5.82 Å². The predicted molar refractivity (Wildman–Crippen MR) is 105 cm³/mol. The summed E-state index contributed by atoms with van der Waals surface area (Å²) in [6.45, 7) is 3.99. The van der Waals surface area contributed by atoms with Crippen LogP contribution in [-0.2, 0) is 6.42 Å². The Kier molecular flexibility index (Phi) is 3.57. The average Bonchev–Trinajstić information content (AvgIpc) is 3.01. The van der Waals surface area contributed by atoms with Gasteiger partial charge in [0.2, 0.25) is 5.78 Å². The van der Waals surface area contributed by atoms with Crippen molar-refractivity contribution in [3.63, 3.8) is 0 Å². The molecule has 2 aliphatic carbocycles. The first-order chi connectivity index (χ1) is 13.8. The second-order valence-corrected chi connectivity index (χ2v) is 8.50. The zero-order valence-corrected chi connectivity index (χ0v) is 16.1. The van der Waals surface area contributed by atoms with Crippen LogP contribution in [0.4, 0.5) is 4.39 Å². The van der Waals surface area contributed by atoms with Gasteiger partial charge in [0.15, 0.2) is 11.6 Å². The molecular formula is C24H18FNO3. The topological polar surface area (TPSA) is 56.1 Å². The lowest BCUT2D eigenvalue weighted by molar-refractivity contribution is 0.0902. The van der Waals surface area contributed by atoms with Crippen molar-refractivity contribution in [1.29, 1.82) is 0 Å². The zero-order valence-electron chi connectivity index (χ0n) is 16.1. The molecule has 0 radical (unpaired) electrons. The molecule has 0 saturated carbocycles. The fourth-order valence-electron chi connectivity index (χ4n) is 4.58. The minimum atomic E-state index is -0.396. The van der Waals surface area contributed by atoms with Gasteiger partial charge in [0.05, 0.1) is 11.1 Å². The first-order valence-electron chi connectivity index (χ1n) is 9.54. The summed E-state index contributed by atoms with van der Waals surface area (Å²) in [5, 5.41) is 0. The van der Waals surface area contributed by atoms with Crippen LogP contribution in [0.1, 0.15) is 68.3 Å². The number of halogens is 1. The van der Waals surface area contributed by atoms with Gasteiger partial charge in [0.1, 0.15) is 11.5 Å². The molecule has 144 valence electrons. The van der Waals surface area contributed by atoms with Crippen molar-refractivity contribution in [3.8, 4) is 5.69 Å². The maximum atomic E-state index is 13.5. The second-order valence-electron chi connectivity index (χ2n) is 8.50. The van der Waals surface area contributed by atoms with Crippen molar-refractivity contribution in [2.75, 3.05) is 0 Å². The lowest BCUT2D eigenvalue weighted by atomic mass is 9.74. The molecule has 2 aliphatic rings. The fourth-order valence-corrected chi connectivity index (χ4v) is 4.58. The predicted octanol–water partition coefficient (Wildman–Crippen LogP) is 4.55. The van der Waals surface area contributed by atoms with Crippen LogP contribution in [0.2, 0.25) is 0 Å². The van der Waals surface area contributed by atoms with Crippen LogP contribution in [-0.4, -0.2) is 21.9 Å². The molecule has 0 bridgehead atoms. The molecule has 5 rings (SSSR count). The Morgan fingerprint density at radius 3 is 2.10 bits per heavy atom. The second kappa shape index (κ2) is 5.83. The number of fused-ring (bicyclic) bond motifs is 4. The molecule has 3 aromatic rings. The lowest BCUT2D eigenvalue weighted by Gasteiger charge is -2.30. The molecule has 1 heterocycles. The number of hydrogen-bond donors (Lipinski definition) is 0. The number of aromatic nitrogens is 1. The number of ketones is 3. The van der Waals surface area contributed by atoms with E-state index in [0.717, 1.165) is 0 Å². The average molecular weight is 387 g/mol. The summed E-state index contributed by atoms with van der Waals surface area (Å²) in [6.07, 6.45) is 0.846. The number of hydrogen-bond acceptors (Lipinski definition) is 3. The maximum absolute atomic E-state index is 13.5. The van der Waals surface area contributed by atoms with Gasteiger partial charge in [-0.3, -0.25) is 14.4 Å². The molecule has 4 nitrogen and oxygen atoms in total. The SMILES string of the molecule is CC1(C)CC(=O)c2c3c(n(-c4ccc(F)cc4)c2C1)C(=O)c1ccccc1C3=O. The first kappa shape index (κ1) is 17.7. The maximum Gasteiger partial charge on any atom is 0.211 e. The van der Waals surface area contributed by atoms with Crippen molar-refractivity contribution < 1.29 is 18.8 Å². The summed E-state index contributed by atoms with van der Waals surface area (Å²) in [5.41, 5.74) is 2.30. The highest BCUT2D eigenvalue weighted by atomic mass is 19.1. The molecule has 0 atom stereocenters. The third-order valence-corrected chi connectivity index (χ3v) is 5.78. The van der Waals surface area contributed by atoms with Crippen molar-refractivity contribution in [1.82, 2.24) is 4.57 Å². The van der Waals surface area contributed by atoms with Gasteiger partial charge in [-0.15, -0.1) is 0 Å². The minimum absolute atomic E-state index is 0.131. The van der Waals surface area contributed by atoms with Crippen molar-refractivity contribution >= 4 is 17.3 Å². The molecule has 1 aromatic heterocycles. The van der Waals surface area contributed by atoms with E-state index >= 15 is 0 Å². The third kappa shape index (κ3) is 2.47. The van der Waals surface area contributed by atoms with Gasteiger partial charge >= 0.3 is 0 Å². The Morgan fingerprint density at radius 2 is 1.45 bits per heavy atom. The molecule has 29 heavy (non-hydrogen) atoms. The summed E-state index contributed by atoms with van der Waals surface area (Å²) in [4.78, 5) is 39.9. The molecule has 5 heteroatoms. The van der Waals surface area contributed by atoms with Crippen LogP contribution in [0.15, 0.2) is 48.5 Å². The Bertz CT molecular complexity index is 1230. The van der Waals surface area contributed by atoms with Gasteiger partial charge < -0.3 is 4.57 Å². The number of benzene rings is 2. The molecule has 2 aromatic carbocycles. The highest BCUT2D eigenvalue weighted by Gasteiger charge is 2.44. The van der Waals surface area contributed by atoms with E-state index in [0.29, 0.717) is 40.9 Å². The molecule has 0 N–H and O–H groups in total. The summed E-state index contributed by atoms with van der Waals surface area (Å²) < 4.78 is 15.2. The number of carbonyl (C=O) groups is 3. The largest absolute Gasteiger partial charge is 0.309 e. The molecule has 0 amide bonds. The van der Waals surface area contributed by atoms with E-state index in [4.69, 9.17) is 0 Å². The molecule has 0 unspecified atom stereocenters. The van der Waals surface area contributed by atoms with Crippen LogP contribution >= 0.6 is 0 Å². The van der Waals surface area contributed by atoms with Gasteiger partial charge in [0.25, 0.3) is 0 Å². The molecular weight excluding hydrogens is 369 g/mol. The van der Waals surface area contributed by atoms with Crippen molar-refractivity contribution in [2.45, 2.75) is 26.7 Å². The van der Waals surface area contributed by atoms with E-state index in [1.807, 2.05) is 13.8 Å². The number of rotatable bonds is 1. The van der Waals surface area contributed by atoms with E-state index in [1.54, 1.807) is 41.0 Å². The standard InChI is InChI=1S/C24H18FNO3/c1-24(2)11-17-19(18(27)12-24)20-21(26(17)14-9-7-13(25)8-10-14)23(29)16-6-4-3-5-15(16)22(20)28/h3-10H,11-12H2,1-2H3. The van der Waals surface area contributed by atoms with Crippen LogP contribution in [0.5, 0.6) is 0 Å². The van der Waals surface area contributed by atoms with Gasteiger partial charge in [0, 0.05) is 28.9 Å². The number of nitrogens with zero attached hydrogens (tertiary/aromatic N) is 1. The van der Waals surface area contributed by atoms with Crippen LogP contribution < -0.4 is 0 Å². The monoisotopic (exact) mass is 387 g/mol. The minimum Gasteiger partial charge on any atom is -0.309 e. The van der Waals surface area contributed by atoms with Crippen LogP contribution in [0, 0.1) is 11.2 Å². The summed E-state index contributed by atoms with van der Waals surface area (Å²) in [6, 6.07) is 12.4. The van der Waals surface area contributed by atoms with Crippen LogP contribution in [0.3, 0.4) is 0 Å². The van der Waals surface area contributed by atoms with Gasteiger partial charge in [-0.25, -0.2) is 4.39 Å². The number of Topliss-reactive ketones (excluding diaryl/α,β-unsaturated/α-hetero) is 1. The van der Waals surface area contributed by atoms with Crippen molar-refractivity contribution in [2.24, 2.45) is 5.41 Å². The van der Waals surface area contributed by atoms with Crippen molar-refractivity contribution in [3.05, 3.63) is 88.0 Å². The lowest BCUT2D eigenvalue weighted by Crippen LogP contribution is -2.28. The zero-order chi connectivity index (χ0) is 20.5. The van der Waals surface area contributed by atoms with E-state index in [2.05, 4.69) is 0 Å². The summed E-state index contributed by atoms with van der Waals surface area (Å²) in [5.74, 6) is -1.12. The Balaban J connectivity index is 1.89. The third-order valence-electron chi connectivity index (χ3n) is 5.78. The number of carbonyl (C=O) groups excluding carboxylic acids is 3. The fraction of sp³-hybridized carbons (Fsp3) is 0.208. The molecule has 0 fully saturated rings. The highest BCUT2D eigenvalue weighted by molar-refractivity contribution is 6.31. The molecule has 0 saturated heterocycles. The van der Waals surface area contributed by atoms with Gasteiger partial charge in [-0.2, -0.15) is 0 Å². The summed E-state index contributed by atoms with van der Waals surface area (Å²) >= 11 is 0. The summed E-state index contributed by atoms with van der Waals surface area (Å²) in [7, 11) is 0. The van der Waals surface area contributed by atoms with E-state index in [9.17, 15) is 18.8 Å². The Morgan fingerprint density at radius 1 is 0.828 bits per heavy atom. The molecule has 0 aliphatic heterocycles.